The molecule has 1 N–H and O–H groups in total. The molecule has 2 aromatic carbocycles. The molecule has 19 heavy (non-hydrogen) atoms. The Morgan fingerprint density at radius 1 is 0.895 bits per heavy atom. The smallest absolute Gasteiger partial charge is 0.116 e. The largest absolute Gasteiger partial charge is 0.508 e. The number of nitrogens with zero attached hydrogens (tertiary/aromatic N) is 3. The maximum atomic E-state index is 9.31. The third-order valence-corrected chi connectivity index (χ3v) is 2.91. The molecule has 0 aliphatic rings. The van der Waals surface area contributed by atoms with Crippen LogP contribution in [-0.2, 0) is 0 Å². The molecule has 0 aliphatic carbocycles. The molecule has 94 valence electrons. The molecule has 0 amide bonds. The fourth-order valence-electron chi connectivity index (χ4n) is 1.94. The number of phenols is 1. The maximum Gasteiger partial charge on any atom is 0.116 e. The summed E-state index contributed by atoms with van der Waals surface area (Å²) in [4.78, 5) is 1.62. The summed E-state index contributed by atoms with van der Waals surface area (Å²) in [6, 6.07) is 16.7. The lowest BCUT2D eigenvalue weighted by molar-refractivity contribution is 0.475. The van der Waals surface area contributed by atoms with Gasteiger partial charge in [-0.05, 0) is 43.3 Å². The van der Waals surface area contributed by atoms with Gasteiger partial charge in [-0.2, -0.15) is 9.90 Å². The molecule has 0 atom stereocenters. The van der Waals surface area contributed by atoms with Gasteiger partial charge in [-0.1, -0.05) is 18.2 Å². The number of hydrogen-bond donors (Lipinski definition) is 1. The van der Waals surface area contributed by atoms with Gasteiger partial charge < -0.3 is 5.11 Å². The SMILES string of the molecule is Cc1nn(-c2ccccc2)nc1-c1ccc(O)cc1. The molecular weight excluding hydrogens is 238 g/mol. The molecule has 0 saturated heterocycles. The Morgan fingerprint density at radius 2 is 1.58 bits per heavy atom. The van der Waals surface area contributed by atoms with Gasteiger partial charge in [0.2, 0.25) is 0 Å². The number of hydrogen-bond acceptors (Lipinski definition) is 3. The van der Waals surface area contributed by atoms with E-state index >= 15 is 0 Å². The lowest BCUT2D eigenvalue weighted by Crippen LogP contribution is -1.98. The van der Waals surface area contributed by atoms with E-state index in [1.54, 1.807) is 16.9 Å². The molecule has 0 radical (unpaired) electrons. The molecule has 0 bridgehead atoms. The normalized spacial score (nSPS) is 10.6. The predicted molar refractivity (Wildman–Crippen MR) is 73.2 cm³/mol. The Kier molecular flexibility index (Phi) is 2.76. The summed E-state index contributed by atoms with van der Waals surface area (Å²) >= 11 is 0. The highest BCUT2D eigenvalue weighted by molar-refractivity contribution is 5.62. The van der Waals surface area contributed by atoms with Crippen LogP contribution in [0.15, 0.2) is 54.6 Å². The van der Waals surface area contributed by atoms with Gasteiger partial charge >= 0.3 is 0 Å². The second kappa shape index (κ2) is 4.57. The van der Waals surface area contributed by atoms with Gasteiger partial charge in [0.05, 0.1) is 11.4 Å². The van der Waals surface area contributed by atoms with Crippen LogP contribution in [0.25, 0.3) is 16.9 Å². The fraction of sp³-hybridized carbons (Fsp3) is 0.0667. The minimum absolute atomic E-state index is 0.247. The van der Waals surface area contributed by atoms with Crippen LogP contribution in [0.1, 0.15) is 5.69 Å². The summed E-state index contributed by atoms with van der Waals surface area (Å²) in [5.74, 6) is 0.247. The van der Waals surface area contributed by atoms with Crippen LogP contribution >= 0.6 is 0 Å². The van der Waals surface area contributed by atoms with Gasteiger partial charge in [-0.25, -0.2) is 0 Å². The van der Waals surface area contributed by atoms with Gasteiger partial charge in [-0.3, -0.25) is 0 Å². The Labute approximate surface area is 111 Å². The first-order valence-electron chi connectivity index (χ1n) is 6.03. The molecule has 1 heterocycles. The molecule has 0 unspecified atom stereocenters. The molecule has 1 aromatic heterocycles. The molecule has 0 aliphatic heterocycles. The first-order valence-corrected chi connectivity index (χ1v) is 6.03. The van der Waals surface area contributed by atoms with Crippen LogP contribution in [-0.4, -0.2) is 20.1 Å². The lowest BCUT2D eigenvalue weighted by atomic mass is 10.1. The molecule has 3 rings (SSSR count). The summed E-state index contributed by atoms with van der Waals surface area (Å²) in [6.07, 6.45) is 0. The lowest BCUT2D eigenvalue weighted by Gasteiger charge is -1.98. The number of rotatable bonds is 2. The first kappa shape index (κ1) is 11.5. The average Bonchev–Trinajstić information content (AvgIpc) is 2.83. The second-order valence-electron chi connectivity index (χ2n) is 4.31. The standard InChI is InChI=1S/C15H13N3O/c1-11-15(12-7-9-14(19)10-8-12)17-18(16-11)13-5-3-2-4-6-13/h2-10,19H,1H3. The first-order chi connectivity index (χ1) is 9.24. The van der Waals surface area contributed by atoms with Crippen LogP contribution < -0.4 is 0 Å². The molecule has 4 nitrogen and oxygen atoms in total. The van der Waals surface area contributed by atoms with Crippen molar-refractivity contribution in [1.82, 2.24) is 15.0 Å². The van der Waals surface area contributed by atoms with Gasteiger partial charge in [0.1, 0.15) is 11.4 Å². The Balaban J connectivity index is 2.05. The van der Waals surface area contributed by atoms with Crippen LogP contribution in [0.4, 0.5) is 0 Å². The zero-order chi connectivity index (χ0) is 13.2. The molecule has 3 aromatic rings. The molecule has 4 heteroatoms. The highest BCUT2D eigenvalue weighted by atomic mass is 16.3. The van der Waals surface area contributed by atoms with Gasteiger partial charge in [0.25, 0.3) is 0 Å². The Morgan fingerprint density at radius 3 is 2.26 bits per heavy atom. The summed E-state index contributed by atoms with van der Waals surface area (Å²) in [7, 11) is 0. The second-order valence-corrected chi connectivity index (χ2v) is 4.31. The van der Waals surface area contributed by atoms with Crippen LogP contribution in [0.5, 0.6) is 5.75 Å². The van der Waals surface area contributed by atoms with Gasteiger partial charge in [-0.15, -0.1) is 5.10 Å². The summed E-state index contributed by atoms with van der Waals surface area (Å²) in [5.41, 5.74) is 3.55. The zero-order valence-electron chi connectivity index (χ0n) is 10.5. The fourth-order valence-corrected chi connectivity index (χ4v) is 1.94. The van der Waals surface area contributed by atoms with Crippen molar-refractivity contribution in [2.75, 3.05) is 0 Å². The van der Waals surface area contributed by atoms with E-state index in [0.717, 1.165) is 22.6 Å². The van der Waals surface area contributed by atoms with E-state index in [0.29, 0.717) is 0 Å². The minimum Gasteiger partial charge on any atom is -0.508 e. The van der Waals surface area contributed by atoms with E-state index in [1.165, 1.54) is 0 Å². The average molecular weight is 251 g/mol. The van der Waals surface area contributed by atoms with Crippen molar-refractivity contribution in [2.45, 2.75) is 6.92 Å². The van der Waals surface area contributed by atoms with E-state index in [-0.39, 0.29) is 5.75 Å². The quantitative estimate of drug-likeness (QED) is 0.761. The Hall–Kier alpha value is -2.62. The minimum atomic E-state index is 0.247. The highest BCUT2D eigenvalue weighted by Gasteiger charge is 2.10. The summed E-state index contributed by atoms with van der Waals surface area (Å²) < 4.78 is 0. The topological polar surface area (TPSA) is 50.9 Å². The zero-order valence-corrected chi connectivity index (χ0v) is 10.5. The van der Waals surface area contributed by atoms with Crippen LogP contribution in [0.3, 0.4) is 0 Å². The van der Waals surface area contributed by atoms with Crippen LogP contribution in [0.2, 0.25) is 0 Å². The number of para-hydroxylation sites is 1. The third kappa shape index (κ3) is 2.20. The van der Waals surface area contributed by atoms with Crippen molar-refractivity contribution in [1.29, 1.82) is 0 Å². The van der Waals surface area contributed by atoms with E-state index in [2.05, 4.69) is 10.2 Å². The Bertz CT molecular complexity index is 687. The monoisotopic (exact) mass is 251 g/mol. The summed E-state index contributed by atoms with van der Waals surface area (Å²) in [5, 5.41) is 18.2. The number of benzene rings is 2. The van der Waals surface area contributed by atoms with Crippen molar-refractivity contribution < 1.29 is 5.11 Å². The molecule has 0 fully saturated rings. The van der Waals surface area contributed by atoms with E-state index in [1.807, 2.05) is 49.4 Å². The van der Waals surface area contributed by atoms with Crippen molar-refractivity contribution in [3.05, 3.63) is 60.3 Å². The van der Waals surface area contributed by atoms with E-state index < -0.39 is 0 Å². The summed E-state index contributed by atoms with van der Waals surface area (Å²) in [6.45, 7) is 1.93. The van der Waals surface area contributed by atoms with E-state index in [4.69, 9.17) is 0 Å². The number of phenolic OH excluding ortho intramolecular Hbond substituents is 1. The van der Waals surface area contributed by atoms with Gasteiger partial charge in [0.15, 0.2) is 0 Å². The van der Waals surface area contributed by atoms with Crippen LogP contribution in [0, 0.1) is 6.92 Å². The predicted octanol–water partition coefficient (Wildman–Crippen LogP) is 2.95. The number of aromatic nitrogens is 3. The van der Waals surface area contributed by atoms with Gasteiger partial charge in [0, 0.05) is 5.56 Å². The molecule has 0 spiro atoms. The molecule has 0 saturated carbocycles. The van der Waals surface area contributed by atoms with E-state index in [9.17, 15) is 5.11 Å². The van der Waals surface area contributed by atoms with Crippen molar-refractivity contribution >= 4 is 0 Å². The highest BCUT2D eigenvalue weighted by Crippen LogP contribution is 2.22. The third-order valence-electron chi connectivity index (χ3n) is 2.91. The number of aryl methyl sites for hydroxylation is 1. The van der Waals surface area contributed by atoms with Crippen molar-refractivity contribution in [3.8, 4) is 22.7 Å². The number of aromatic hydroxyl groups is 1. The van der Waals surface area contributed by atoms with Crippen molar-refractivity contribution in [2.24, 2.45) is 0 Å². The van der Waals surface area contributed by atoms with Crippen molar-refractivity contribution in [3.63, 3.8) is 0 Å². The maximum absolute atomic E-state index is 9.31. The molecular formula is C15H13N3O.